The molecule has 0 saturated heterocycles. The van der Waals surface area contributed by atoms with Crippen LogP contribution < -0.4 is 4.90 Å². The minimum Gasteiger partial charge on any atom is -0.276 e. The summed E-state index contributed by atoms with van der Waals surface area (Å²) in [5.41, 5.74) is 1.45. The number of amides is 1. The number of rotatable bonds is 1. The molecule has 2 aliphatic rings. The van der Waals surface area contributed by atoms with Crippen molar-refractivity contribution < 1.29 is 4.79 Å². The summed E-state index contributed by atoms with van der Waals surface area (Å²) in [6.45, 7) is 1.23. The Kier molecular flexibility index (Phi) is 2.29. The molecule has 0 fully saturated rings. The molecule has 4 heterocycles. The van der Waals surface area contributed by atoms with Crippen molar-refractivity contribution in [3.05, 3.63) is 48.4 Å². The van der Waals surface area contributed by atoms with Crippen molar-refractivity contribution in [2.24, 2.45) is 4.99 Å². The van der Waals surface area contributed by atoms with Crippen LogP contribution in [0.2, 0.25) is 0 Å². The number of fused-ring (bicyclic) bond motifs is 2. The van der Waals surface area contributed by atoms with Gasteiger partial charge in [0, 0.05) is 18.9 Å². The number of hydrogen-bond donors (Lipinski definition) is 0. The zero-order valence-electron chi connectivity index (χ0n) is 10.6. The van der Waals surface area contributed by atoms with Crippen LogP contribution in [0.25, 0.3) is 0 Å². The van der Waals surface area contributed by atoms with Crippen LogP contribution in [0.5, 0.6) is 0 Å². The normalized spacial score (nSPS) is 16.8. The Morgan fingerprint density at radius 1 is 1.15 bits per heavy atom. The fraction of sp³-hybridized carbons (Fsp3) is 0.143. The largest absolute Gasteiger partial charge is 0.276 e. The second-order valence-electron chi connectivity index (χ2n) is 4.56. The summed E-state index contributed by atoms with van der Waals surface area (Å²) in [7, 11) is 0. The molecular weight excluding hydrogens is 254 g/mol. The van der Waals surface area contributed by atoms with Gasteiger partial charge in [0.25, 0.3) is 5.91 Å². The van der Waals surface area contributed by atoms with Crippen LogP contribution >= 0.6 is 0 Å². The van der Waals surface area contributed by atoms with Gasteiger partial charge in [-0.2, -0.15) is 0 Å². The van der Waals surface area contributed by atoms with Gasteiger partial charge in [-0.15, -0.1) is 0 Å². The average Bonchev–Trinajstić information content (AvgIpc) is 2.98. The highest BCUT2D eigenvalue weighted by Gasteiger charge is 2.38. The highest BCUT2D eigenvalue weighted by molar-refractivity contribution is 6.21. The summed E-state index contributed by atoms with van der Waals surface area (Å²) in [5, 5.41) is 0. The Bertz CT molecular complexity index is 713. The maximum atomic E-state index is 12.4. The maximum Gasteiger partial charge on any atom is 0.264 e. The molecule has 0 N–H and O–H groups in total. The second kappa shape index (κ2) is 4.12. The summed E-state index contributed by atoms with van der Waals surface area (Å²) < 4.78 is 0. The van der Waals surface area contributed by atoms with Crippen LogP contribution in [-0.4, -0.2) is 39.8 Å². The van der Waals surface area contributed by atoms with E-state index in [1.807, 2.05) is 17.0 Å². The Labute approximate surface area is 115 Å². The van der Waals surface area contributed by atoms with E-state index in [1.165, 1.54) is 0 Å². The lowest BCUT2D eigenvalue weighted by Gasteiger charge is -2.34. The number of aliphatic imine (C=N–C) groups is 1. The molecule has 0 spiro atoms. The number of nitrogens with zero attached hydrogens (tertiary/aromatic N) is 5. The molecule has 4 rings (SSSR count). The van der Waals surface area contributed by atoms with E-state index in [2.05, 4.69) is 15.0 Å². The summed E-state index contributed by atoms with van der Waals surface area (Å²) in [4.78, 5) is 29.0. The van der Waals surface area contributed by atoms with Crippen LogP contribution in [0.1, 0.15) is 10.4 Å². The van der Waals surface area contributed by atoms with E-state index >= 15 is 0 Å². The quantitative estimate of drug-likeness (QED) is 0.782. The van der Waals surface area contributed by atoms with Crippen molar-refractivity contribution in [3.63, 3.8) is 0 Å². The molecule has 1 amide bonds. The molecule has 0 radical (unpaired) electrons. The lowest BCUT2D eigenvalue weighted by molar-refractivity contribution is 0.0852. The highest BCUT2D eigenvalue weighted by atomic mass is 16.2. The van der Waals surface area contributed by atoms with E-state index in [9.17, 15) is 4.79 Å². The molecule has 0 saturated carbocycles. The van der Waals surface area contributed by atoms with Gasteiger partial charge in [-0.3, -0.25) is 24.6 Å². The van der Waals surface area contributed by atoms with Crippen LogP contribution in [0, 0.1) is 0 Å². The first-order chi connectivity index (χ1) is 9.86. The summed E-state index contributed by atoms with van der Waals surface area (Å²) in [6, 6.07) is 7.36. The van der Waals surface area contributed by atoms with Crippen LogP contribution in [0.4, 0.5) is 11.5 Å². The topological polar surface area (TPSA) is 61.7 Å². The van der Waals surface area contributed by atoms with Gasteiger partial charge in [0.1, 0.15) is 0 Å². The third-order valence-electron chi connectivity index (χ3n) is 3.40. The van der Waals surface area contributed by atoms with E-state index in [0.717, 1.165) is 5.69 Å². The Balaban J connectivity index is 1.96. The smallest absolute Gasteiger partial charge is 0.264 e. The van der Waals surface area contributed by atoms with E-state index in [4.69, 9.17) is 0 Å². The number of anilines is 2. The second-order valence-corrected chi connectivity index (χ2v) is 4.56. The molecule has 2 aromatic heterocycles. The van der Waals surface area contributed by atoms with Crippen molar-refractivity contribution in [3.8, 4) is 0 Å². The minimum absolute atomic E-state index is 0.0375. The van der Waals surface area contributed by atoms with Gasteiger partial charge in [0.15, 0.2) is 5.82 Å². The van der Waals surface area contributed by atoms with Gasteiger partial charge in [0.2, 0.25) is 5.96 Å². The molecule has 6 heteroatoms. The van der Waals surface area contributed by atoms with Crippen molar-refractivity contribution in [1.29, 1.82) is 0 Å². The van der Waals surface area contributed by atoms with E-state index in [1.54, 1.807) is 35.6 Å². The Hall–Kier alpha value is -2.76. The number of carbonyl (C=O) groups is 1. The van der Waals surface area contributed by atoms with Crippen LogP contribution in [0.3, 0.4) is 0 Å². The molecular formula is C14H11N5O. The summed E-state index contributed by atoms with van der Waals surface area (Å²) >= 11 is 0. The van der Waals surface area contributed by atoms with Gasteiger partial charge < -0.3 is 0 Å². The predicted octanol–water partition coefficient (Wildman–Crippen LogP) is 1.44. The first kappa shape index (κ1) is 11.1. The van der Waals surface area contributed by atoms with Crippen LogP contribution in [0.15, 0.2) is 47.8 Å². The number of guanidine groups is 1. The molecule has 20 heavy (non-hydrogen) atoms. The molecule has 6 nitrogen and oxygen atoms in total. The molecule has 0 aliphatic carbocycles. The predicted molar refractivity (Wildman–Crippen MR) is 74.0 cm³/mol. The van der Waals surface area contributed by atoms with Crippen LogP contribution in [-0.2, 0) is 0 Å². The standard InChI is InChI=1S/C14H11N5O/c20-13-11-4-2-6-16-12(11)19(10-3-1-5-15-9-10)14-17-7-8-18(13)14/h1-6,9H,7-8H2. The molecule has 0 bridgehead atoms. The molecule has 2 aromatic rings. The first-order valence-electron chi connectivity index (χ1n) is 6.38. The lowest BCUT2D eigenvalue weighted by atomic mass is 10.1. The Morgan fingerprint density at radius 3 is 2.90 bits per heavy atom. The van der Waals surface area contributed by atoms with Gasteiger partial charge in [-0.25, -0.2) is 4.98 Å². The minimum atomic E-state index is -0.0375. The molecule has 0 atom stereocenters. The summed E-state index contributed by atoms with van der Waals surface area (Å²) in [5.74, 6) is 1.21. The highest BCUT2D eigenvalue weighted by Crippen LogP contribution is 2.33. The van der Waals surface area contributed by atoms with Crippen molar-refractivity contribution in [2.45, 2.75) is 0 Å². The third-order valence-corrected chi connectivity index (χ3v) is 3.40. The zero-order valence-corrected chi connectivity index (χ0v) is 10.6. The number of hydrogen-bond acceptors (Lipinski definition) is 5. The van der Waals surface area contributed by atoms with E-state index < -0.39 is 0 Å². The fourth-order valence-electron chi connectivity index (χ4n) is 2.53. The maximum absolute atomic E-state index is 12.4. The van der Waals surface area contributed by atoms with Gasteiger partial charge in [-0.05, 0) is 24.3 Å². The Morgan fingerprint density at radius 2 is 2.05 bits per heavy atom. The van der Waals surface area contributed by atoms with Crippen molar-refractivity contribution in [1.82, 2.24) is 14.9 Å². The third kappa shape index (κ3) is 1.45. The van der Waals surface area contributed by atoms with Gasteiger partial charge in [0.05, 0.1) is 24.0 Å². The molecule has 98 valence electrons. The zero-order chi connectivity index (χ0) is 13.5. The fourth-order valence-corrected chi connectivity index (χ4v) is 2.53. The first-order valence-corrected chi connectivity index (χ1v) is 6.38. The molecule has 2 aliphatic heterocycles. The van der Waals surface area contributed by atoms with Crippen molar-refractivity contribution in [2.75, 3.05) is 18.0 Å². The van der Waals surface area contributed by atoms with Gasteiger partial charge in [-0.1, -0.05) is 0 Å². The lowest BCUT2D eigenvalue weighted by Crippen LogP contribution is -2.48. The summed E-state index contributed by atoms with van der Waals surface area (Å²) in [6.07, 6.45) is 5.14. The van der Waals surface area contributed by atoms with Crippen molar-refractivity contribution >= 4 is 23.4 Å². The van der Waals surface area contributed by atoms with E-state index in [0.29, 0.717) is 30.4 Å². The SMILES string of the molecule is O=C1c2cccnc2N(c2cccnc2)C2=NCCN12. The monoisotopic (exact) mass is 265 g/mol. The molecule has 0 unspecified atom stereocenters. The molecule has 0 aromatic carbocycles. The number of carbonyl (C=O) groups excluding carboxylic acids is 1. The number of pyridine rings is 2. The number of aromatic nitrogens is 2. The van der Waals surface area contributed by atoms with Gasteiger partial charge >= 0.3 is 0 Å². The average molecular weight is 265 g/mol. The van der Waals surface area contributed by atoms with E-state index in [-0.39, 0.29) is 5.91 Å².